The molecule has 10 nitrogen and oxygen atoms in total. The highest BCUT2D eigenvalue weighted by molar-refractivity contribution is 7.89. The molecule has 1 aromatic carbocycles. The van der Waals surface area contributed by atoms with Crippen molar-refractivity contribution >= 4 is 38.3 Å². The van der Waals surface area contributed by atoms with Gasteiger partial charge in [0, 0.05) is 37.1 Å². The molecule has 0 saturated carbocycles. The Bertz CT molecular complexity index is 1030. The van der Waals surface area contributed by atoms with Crippen molar-refractivity contribution in [2.24, 2.45) is 0 Å². The lowest BCUT2D eigenvalue weighted by molar-refractivity contribution is 0.0844. The molecule has 168 valence electrons. The number of ether oxygens (including phenoxy) is 1. The number of carbonyl (C=O) groups excluding carboxylic acids is 2. The fourth-order valence-electron chi connectivity index (χ4n) is 3.03. The molecule has 0 atom stereocenters. The zero-order valence-corrected chi connectivity index (χ0v) is 19.0. The van der Waals surface area contributed by atoms with E-state index in [4.69, 9.17) is 4.74 Å². The maximum Gasteiger partial charge on any atom is 0.289 e. The Morgan fingerprint density at radius 1 is 1.16 bits per heavy atom. The van der Waals surface area contributed by atoms with Gasteiger partial charge in [0.25, 0.3) is 11.8 Å². The van der Waals surface area contributed by atoms with Crippen LogP contribution in [0.25, 0.3) is 0 Å². The highest BCUT2D eigenvalue weighted by Gasteiger charge is 2.23. The Morgan fingerprint density at radius 2 is 1.84 bits per heavy atom. The highest BCUT2D eigenvalue weighted by Crippen LogP contribution is 2.21. The minimum atomic E-state index is -3.70. The Hall–Kier alpha value is -2.54. The Morgan fingerprint density at radius 3 is 2.52 bits per heavy atom. The zero-order chi connectivity index (χ0) is 22.4. The van der Waals surface area contributed by atoms with Crippen LogP contribution in [0.2, 0.25) is 0 Å². The lowest BCUT2D eigenvalue weighted by atomic mass is 10.2. The van der Waals surface area contributed by atoms with Crippen molar-refractivity contribution in [3.63, 3.8) is 0 Å². The summed E-state index contributed by atoms with van der Waals surface area (Å²) in [4.78, 5) is 31.2. The minimum absolute atomic E-state index is 0.0184. The van der Waals surface area contributed by atoms with Crippen LogP contribution in [-0.4, -0.2) is 68.9 Å². The van der Waals surface area contributed by atoms with Crippen molar-refractivity contribution in [2.45, 2.75) is 18.7 Å². The van der Waals surface area contributed by atoms with Gasteiger partial charge in [0.15, 0.2) is 5.13 Å². The molecule has 2 amide bonds. The van der Waals surface area contributed by atoms with Crippen LogP contribution in [0.4, 0.5) is 5.13 Å². The number of benzene rings is 1. The number of amides is 2. The molecule has 3 rings (SSSR count). The third-order valence-corrected chi connectivity index (χ3v) is 7.68. The first-order chi connectivity index (χ1) is 14.9. The average Bonchev–Trinajstić information content (AvgIpc) is 3.29. The van der Waals surface area contributed by atoms with E-state index in [9.17, 15) is 18.0 Å². The number of nitrogens with zero attached hydrogens (tertiary/aromatic N) is 3. The molecule has 1 aromatic heterocycles. The number of sulfonamides is 1. The second-order valence-corrected chi connectivity index (χ2v) is 9.41. The van der Waals surface area contributed by atoms with Gasteiger partial charge in [-0.25, -0.2) is 13.4 Å². The molecule has 2 N–H and O–H groups in total. The Kier molecular flexibility index (Phi) is 7.59. The van der Waals surface area contributed by atoms with Crippen LogP contribution < -0.4 is 15.8 Å². The molecule has 2 heterocycles. The maximum atomic E-state index is 12.7. The number of nitrogens with one attached hydrogen (secondary N) is 2. The standard InChI is InChI=1S/C19H25N5O5S2/c1-3-24(4-2)31(27,28)15-7-5-6-14(12-15)17(25)21-22-18(26)16-13-30-19(20-16)23-8-10-29-11-9-23/h5-7,12-13H,3-4,8-11H2,1-2H3,(H,21,25)(H,22,26). The Labute approximate surface area is 185 Å². The van der Waals surface area contributed by atoms with E-state index in [0.717, 1.165) is 0 Å². The molecule has 1 aliphatic rings. The van der Waals surface area contributed by atoms with Crippen molar-refractivity contribution in [1.82, 2.24) is 20.1 Å². The number of anilines is 1. The van der Waals surface area contributed by atoms with E-state index in [1.165, 1.54) is 39.9 Å². The van der Waals surface area contributed by atoms with Gasteiger partial charge in [0.2, 0.25) is 10.0 Å². The van der Waals surface area contributed by atoms with Gasteiger partial charge in [-0.3, -0.25) is 20.4 Å². The van der Waals surface area contributed by atoms with Gasteiger partial charge in [0.1, 0.15) is 5.69 Å². The summed E-state index contributed by atoms with van der Waals surface area (Å²) in [7, 11) is -3.70. The second kappa shape index (κ2) is 10.2. The van der Waals surface area contributed by atoms with Crippen LogP contribution in [0, 0.1) is 0 Å². The number of rotatable bonds is 7. The normalized spacial score (nSPS) is 14.5. The van der Waals surface area contributed by atoms with E-state index in [0.29, 0.717) is 44.5 Å². The number of hydrogen-bond donors (Lipinski definition) is 2. The van der Waals surface area contributed by atoms with E-state index >= 15 is 0 Å². The number of carbonyl (C=O) groups is 2. The van der Waals surface area contributed by atoms with Gasteiger partial charge in [-0.15, -0.1) is 11.3 Å². The first-order valence-corrected chi connectivity index (χ1v) is 12.2. The zero-order valence-electron chi connectivity index (χ0n) is 17.3. The molecule has 0 radical (unpaired) electrons. The third-order valence-electron chi connectivity index (χ3n) is 4.74. The SMILES string of the molecule is CCN(CC)S(=O)(=O)c1cccc(C(=O)NNC(=O)c2csc(N3CCOCC3)n2)c1. The third kappa shape index (κ3) is 5.39. The fourth-order valence-corrected chi connectivity index (χ4v) is 5.39. The number of aromatic nitrogens is 1. The van der Waals surface area contributed by atoms with Crippen molar-refractivity contribution in [1.29, 1.82) is 0 Å². The lowest BCUT2D eigenvalue weighted by Gasteiger charge is -2.25. The summed E-state index contributed by atoms with van der Waals surface area (Å²) in [6, 6.07) is 5.68. The van der Waals surface area contributed by atoms with Gasteiger partial charge in [-0.05, 0) is 18.2 Å². The predicted molar refractivity (Wildman–Crippen MR) is 117 cm³/mol. The molecule has 2 aromatic rings. The lowest BCUT2D eigenvalue weighted by Crippen LogP contribution is -2.42. The number of thiazole rings is 1. The summed E-state index contributed by atoms with van der Waals surface area (Å²) in [6.07, 6.45) is 0. The molecule has 0 unspecified atom stereocenters. The molecule has 1 aliphatic heterocycles. The minimum Gasteiger partial charge on any atom is -0.378 e. The van der Waals surface area contributed by atoms with Crippen LogP contribution in [0.1, 0.15) is 34.7 Å². The smallest absolute Gasteiger partial charge is 0.289 e. The summed E-state index contributed by atoms with van der Waals surface area (Å²) in [6.45, 7) is 6.78. The number of morpholine rings is 1. The molecule has 12 heteroatoms. The van der Waals surface area contributed by atoms with E-state index in [1.807, 2.05) is 4.90 Å². The summed E-state index contributed by atoms with van der Waals surface area (Å²) >= 11 is 1.34. The van der Waals surface area contributed by atoms with Crippen molar-refractivity contribution in [3.05, 3.63) is 40.9 Å². The largest absolute Gasteiger partial charge is 0.378 e. The van der Waals surface area contributed by atoms with Crippen LogP contribution in [-0.2, 0) is 14.8 Å². The van der Waals surface area contributed by atoms with Gasteiger partial charge >= 0.3 is 0 Å². The maximum absolute atomic E-state index is 12.7. The average molecular weight is 468 g/mol. The molecule has 31 heavy (non-hydrogen) atoms. The quantitative estimate of drug-likeness (QED) is 0.585. The van der Waals surface area contributed by atoms with E-state index in [1.54, 1.807) is 19.2 Å². The van der Waals surface area contributed by atoms with Crippen LogP contribution in [0.5, 0.6) is 0 Å². The Balaban J connectivity index is 1.63. The summed E-state index contributed by atoms with van der Waals surface area (Å²) in [5, 5.41) is 2.33. The first kappa shape index (κ1) is 23.1. The predicted octanol–water partition coefficient (Wildman–Crippen LogP) is 1.09. The fraction of sp³-hybridized carbons (Fsp3) is 0.421. The molecule has 1 fully saturated rings. The van der Waals surface area contributed by atoms with Gasteiger partial charge < -0.3 is 9.64 Å². The van der Waals surface area contributed by atoms with Gasteiger partial charge in [0.05, 0.1) is 18.1 Å². The van der Waals surface area contributed by atoms with Crippen molar-refractivity contribution in [3.8, 4) is 0 Å². The van der Waals surface area contributed by atoms with E-state index < -0.39 is 21.8 Å². The second-order valence-electron chi connectivity index (χ2n) is 6.64. The van der Waals surface area contributed by atoms with Gasteiger partial charge in [-0.1, -0.05) is 19.9 Å². The highest BCUT2D eigenvalue weighted by atomic mass is 32.2. The van der Waals surface area contributed by atoms with Crippen LogP contribution >= 0.6 is 11.3 Å². The molecular formula is C19H25N5O5S2. The number of hydrogen-bond acceptors (Lipinski definition) is 8. The van der Waals surface area contributed by atoms with Crippen LogP contribution in [0.15, 0.2) is 34.5 Å². The first-order valence-electron chi connectivity index (χ1n) is 9.86. The summed E-state index contributed by atoms with van der Waals surface area (Å²) in [5.41, 5.74) is 4.92. The van der Waals surface area contributed by atoms with Crippen LogP contribution in [0.3, 0.4) is 0 Å². The van der Waals surface area contributed by atoms with Gasteiger partial charge in [-0.2, -0.15) is 4.31 Å². The topological polar surface area (TPSA) is 121 Å². The number of hydrazine groups is 1. The van der Waals surface area contributed by atoms with Crippen molar-refractivity contribution in [2.75, 3.05) is 44.3 Å². The molecular weight excluding hydrogens is 442 g/mol. The molecule has 0 aliphatic carbocycles. The monoisotopic (exact) mass is 467 g/mol. The van der Waals surface area contributed by atoms with E-state index in [2.05, 4.69) is 15.8 Å². The summed E-state index contributed by atoms with van der Waals surface area (Å²) < 4.78 is 31.9. The van der Waals surface area contributed by atoms with E-state index in [-0.39, 0.29) is 16.2 Å². The molecule has 0 spiro atoms. The summed E-state index contributed by atoms with van der Waals surface area (Å²) in [5.74, 6) is -1.19. The molecule has 0 bridgehead atoms. The molecule has 1 saturated heterocycles. The van der Waals surface area contributed by atoms with Crippen molar-refractivity contribution < 1.29 is 22.7 Å².